The van der Waals surface area contributed by atoms with Gasteiger partial charge in [0.05, 0.1) is 29.0 Å². The summed E-state index contributed by atoms with van der Waals surface area (Å²) in [5.74, 6) is -0.127. The molecule has 0 bridgehead atoms. The molecule has 1 aromatic heterocycles. The summed E-state index contributed by atoms with van der Waals surface area (Å²) >= 11 is 1.32. The van der Waals surface area contributed by atoms with Crippen molar-refractivity contribution in [3.05, 3.63) is 83.2 Å². The number of nitrogens with one attached hydrogen (secondary N) is 1. The first kappa shape index (κ1) is 25.2. The molecule has 1 heterocycles. The average Bonchev–Trinajstić information content (AvgIpc) is 3.29. The van der Waals surface area contributed by atoms with Gasteiger partial charge in [0.15, 0.2) is 0 Å². The highest BCUT2D eigenvalue weighted by molar-refractivity contribution is 7.92. The van der Waals surface area contributed by atoms with Gasteiger partial charge in [-0.1, -0.05) is 12.1 Å². The number of ether oxygens (including phenoxy) is 1. The van der Waals surface area contributed by atoms with Gasteiger partial charge in [0.1, 0.15) is 5.75 Å². The Labute approximate surface area is 213 Å². The third kappa shape index (κ3) is 5.34. The number of methoxy groups -OCH3 is 1. The molecule has 4 rings (SSSR count). The van der Waals surface area contributed by atoms with Crippen LogP contribution in [0.1, 0.15) is 22.2 Å². The molecule has 0 spiro atoms. The van der Waals surface area contributed by atoms with E-state index in [1.807, 2.05) is 6.07 Å². The number of nitrogens with zero attached hydrogens (tertiary/aromatic N) is 1. The zero-order valence-electron chi connectivity index (χ0n) is 19.7. The second-order valence-corrected chi connectivity index (χ2v) is 10.9. The Morgan fingerprint density at radius 3 is 2.31 bits per heavy atom. The monoisotopic (exact) mass is 523 g/mol. The highest BCUT2D eigenvalue weighted by Gasteiger charge is 2.24. The lowest BCUT2D eigenvalue weighted by Crippen LogP contribution is -2.30. The van der Waals surface area contributed by atoms with Crippen molar-refractivity contribution in [3.8, 4) is 5.75 Å². The van der Waals surface area contributed by atoms with Crippen LogP contribution in [0.2, 0.25) is 0 Å². The van der Waals surface area contributed by atoms with Gasteiger partial charge in [0.25, 0.3) is 15.9 Å². The third-order valence-electron chi connectivity index (χ3n) is 5.54. The summed E-state index contributed by atoms with van der Waals surface area (Å²) in [6.45, 7) is 2.01. The second kappa shape index (κ2) is 10.4. The molecule has 186 valence electrons. The Balaban J connectivity index is 1.56. The van der Waals surface area contributed by atoms with E-state index in [4.69, 9.17) is 10.5 Å². The van der Waals surface area contributed by atoms with Crippen molar-refractivity contribution >= 4 is 54.6 Å². The first-order valence-corrected chi connectivity index (χ1v) is 13.4. The fourth-order valence-electron chi connectivity index (χ4n) is 3.76. The van der Waals surface area contributed by atoms with Crippen molar-refractivity contribution in [1.29, 1.82) is 0 Å². The van der Waals surface area contributed by atoms with Crippen molar-refractivity contribution in [2.75, 3.05) is 23.3 Å². The van der Waals surface area contributed by atoms with Crippen LogP contribution in [0.5, 0.6) is 5.75 Å². The average molecular weight is 524 g/mol. The number of benzene rings is 3. The highest BCUT2D eigenvalue weighted by atomic mass is 32.2. The topological polar surface area (TPSA) is 119 Å². The molecule has 0 aliphatic heterocycles. The van der Waals surface area contributed by atoms with Crippen molar-refractivity contribution in [2.24, 2.45) is 5.73 Å². The number of hydrogen-bond donors (Lipinski definition) is 2. The normalized spacial score (nSPS) is 11.3. The number of thiophene rings is 1. The number of carbonyl (C=O) groups excluding carboxylic acids is 2. The van der Waals surface area contributed by atoms with Gasteiger partial charge in [-0.2, -0.15) is 0 Å². The third-order valence-corrected chi connectivity index (χ3v) is 8.57. The maximum absolute atomic E-state index is 13.3. The van der Waals surface area contributed by atoms with E-state index in [2.05, 4.69) is 5.32 Å². The van der Waals surface area contributed by atoms with Gasteiger partial charge >= 0.3 is 0 Å². The Morgan fingerprint density at radius 2 is 1.69 bits per heavy atom. The number of anilines is 2. The standard InChI is InChI=1S/C26H25N3O5S2/c1-3-29(36(32,33)22-11-9-21(34-2)10-12-22)20-8-13-23-18(15-20)16-24(35-23)26(31)28-19-6-4-17(5-7-19)14-25(27)30/h4-13,15-16H,3,14H2,1-2H3,(H2,27,30)(H,28,31). The van der Waals surface area contributed by atoms with Crippen LogP contribution in [-0.4, -0.2) is 33.9 Å². The molecular weight excluding hydrogens is 498 g/mol. The predicted molar refractivity (Wildman–Crippen MR) is 142 cm³/mol. The van der Waals surface area contributed by atoms with E-state index in [9.17, 15) is 18.0 Å². The molecule has 0 atom stereocenters. The minimum Gasteiger partial charge on any atom is -0.497 e. The smallest absolute Gasteiger partial charge is 0.265 e. The molecule has 0 unspecified atom stereocenters. The van der Waals surface area contributed by atoms with E-state index in [1.165, 1.54) is 34.9 Å². The molecule has 8 nitrogen and oxygen atoms in total. The Morgan fingerprint density at radius 1 is 1.00 bits per heavy atom. The summed E-state index contributed by atoms with van der Waals surface area (Å²) in [6.07, 6.45) is 0.135. The summed E-state index contributed by atoms with van der Waals surface area (Å²) in [5.41, 5.74) is 7.08. The van der Waals surface area contributed by atoms with Gasteiger partial charge in [-0.3, -0.25) is 13.9 Å². The fourth-order valence-corrected chi connectivity index (χ4v) is 6.17. The molecule has 0 aliphatic carbocycles. The number of carbonyl (C=O) groups is 2. The van der Waals surface area contributed by atoms with Crippen LogP contribution < -0.4 is 20.1 Å². The maximum Gasteiger partial charge on any atom is 0.265 e. The zero-order valence-corrected chi connectivity index (χ0v) is 21.4. The van der Waals surface area contributed by atoms with E-state index in [0.717, 1.165) is 15.6 Å². The minimum atomic E-state index is -3.79. The summed E-state index contributed by atoms with van der Waals surface area (Å²) in [6, 6.07) is 20.2. The largest absolute Gasteiger partial charge is 0.497 e. The highest BCUT2D eigenvalue weighted by Crippen LogP contribution is 2.32. The molecule has 3 N–H and O–H groups in total. The van der Waals surface area contributed by atoms with Crippen molar-refractivity contribution in [3.63, 3.8) is 0 Å². The molecule has 0 saturated carbocycles. The number of fused-ring (bicyclic) bond motifs is 1. The lowest BCUT2D eigenvalue weighted by Gasteiger charge is -2.23. The van der Waals surface area contributed by atoms with Crippen molar-refractivity contribution in [2.45, 2.75) is 18.2 Å². The second-order valence-electron chi connectivity index (χ2n) is 7.97. The fraction of sp³-hybridized carbons (Fsp3) is 0.154. The Bertz CT molecular complexity index is 1510. The van der Waals surface area contributed by atoms with E-state index in [0.29, 0.717) is 22.0 Å². The summed E-state index contributed by atoms with van der Waals surface area (Å²) in [7, 11) is -2.26. The van der Waals surface area contributed by atoms with Gasteiger partial charge in [0.2, 0.25) is 5.91 Å². The molecule has 0 fully saturated rings. The van der Waals surface area contributed by atoms with Gasteiger partial charge in [0, 0.05) is 16.9 Å². The molecule has 0 saturated heterocycles. The Hall–Kier alpha value is -3.89. The van der Waals surface area contributed by atoms with Crippen LogP contribution in [0, 0.1) is 0 Å². The van der Waals surface area contributed by atoms with Crippen LogP contribution in [0.4, 0.5) is 11.4 Å². The lowest BCUT2D eigenvalue weighted by molar-refractivity contribution is -0.117. The number of sulfonamides is 1. The first-order valence-electron chi connectivity index (χ1n) is 11.1. The number of primary amides is 1. The van der Waals surface area contributed by atoms with Crippen molar-refractivity contribution < 1.29 is 22.7 Å². The number of hydrogen-bond acceptors (Lipinski definition) is 6. The van der Waals surface area contributed by atoms with E-state index in [1.54, 1.807) is 61.5 Å². The van der Waals surface area contributed by atoms with Crippen LogP contribution in [-0.2, 0) is 21.2 Å². The summed E-state index contributed by atoms with van der Waals surface area (Å²) < 4.78 is 33.9. The van der Waals surface area contributed by atoms with Gasteiger partial charge in [-0.05, 0) is 78.5 Å². The van der Waals surface area contributed by atoms with Crippen LogP contribution in [0.25, 0.3) is 10.1 Å². The lowest BCUT2D eigenvalue weighted by atomic mass is 10.1. The zero-order chi connectivity index (χ0) is 25.9. The van der Waals surface area contributed by atoms with Crippen LogP contribution >= 0.6 is 11.3 Å². The molecule has 3 aromatic carbocycles. The molecule has 4 aromatic rings. The van der Waals surface area contributed by atoms with E-state index < -0.39 is 15.9 Å². The van der Waals surface area contributed by atoms with E-state index in [-0.39, 0.29) is 23.8 Å². The van der Waals surface area contributed by atoms with Crippen molar-refractivity contribution in [1.82, 2.24) is 0 Å². The summed E-state index contributed by atoms with van der Waals surface area (Å²) in [5, 5.41) is 3.61. The van der Waals surface area contributed by atoms with Gasteiger partial charge < -0.3 is 15.8 Å². The quantitative estimate of drug-likeness (QED) is 0.337. The number of nitrogens with two attached hydrogens (primary N) is 1. The molecule has 0 radical (unpaired) electrons. The van der Waals surface area contributed by atoms with Crippen LogP contribution in [0.15, 0.2) is 77.7 Å². The first-order chi connectivity index (χ1) is 17.2. The summed E-state index contributed by atoms with van der Waals surface area (Å²) in [4.78, 5) is 24.5. The molecular formula is C26H25N3O5S2. The van der Waals surface area contributed by atoms with Gasteiger partial charge in [-0.25, -0.2) is 8.42 Å². The van der Waals surface area contributed by atoms with Gasteiger partial charge in [-0.15, -0.1) is 11.3 Å². The molecule has 0 aliphatic rings. The molecule has 10 heteroatoms. The number of rotatable bonds is 9. The Kier molecular flexibility index (Phi) is 7.27. The number of amides is 2. The SMILES string of the molecule is CCN(c1ccc2sc(C(=O)Nc3ccc(CC(N)=O)cc3)cc2c1)S(=O)(=O)c1ccc(OC)cc1. The predicted octanol–water partition coefficient (Wildman–Crippen LogP) is 4.41. The minimum absolute atomic E-state index is 0.135. The van der Waals surface area contributed by atoms with Crippen LogP contribution in [0.3, 0.4) is 0 Å². The maximum atomic E-state index is 13.3. The molecule has 36 heavy (non-hydrogen) atoms. The van der Waals surface area contributed by atoms with E-state index >= 15 is 0 Å². The molecule has 2 amide bonds.